The third-order valence-electron chi connectivity index (χ3n) is 5.78. The van der Waals surface area contributed by atoms with Crippen molar-refractivity contribution in [3.63, 3.8) is 0 Å². The maximum absolute atomic E-state index is 13.1. The lowest BCUT2D eigenvalue weighted by Crippen LogP contribution is -2.32. The molecular weight excluding hydrogens is 439 g/mol. The predicted octanol–water partition coefficient (Wildman–Crippen LogP) is 4.63. The van der Waals surface area contributed by atoms with Crippen molar-refractivity contribution in [1.29, 1.82) is 0 Å². The summed E-state index contributed by atoms with van der Waals surface area (Å²) in [7, 11) is 1.83. The zero-order valence-electron chi connectivity index (χ0n) is 18.9. The van der Waals surface area contributed by atoms with Crippen LogP contribution in [0.5, 0.6) is 5.75 Å². The lowest BCUT2D eigenvalue weighted by Gasteiger charge is -2.19. The summed E-state index contributed by atoms with van der Waals surface area (Å²) in [6, 6.07) is 14.4. The molecule has 1 saturated heterocycles. The molecule has 1 fully saturated rings. The van der Waals surface area contributed by atoms with Crippen LogP contribution in [0.4, 0.5) is 4.39 Å². The SMILES string of the molecule is Cc1nc(COc2cccc(C(=O)N(C)CCCC3CC(c4ccc(F)cc4)NN3)c2)cs1. The maximum Gasteiger partial charge on any atom is 0.253 e. The van der Waals surface area contributed by atoms with Crippen LogP contribution in [0.1, 0.15) is 51.9 Å². The van der Waals surface area contributed by atoms with Crippen LogP contribution in [0.15, 0.2) is 53.9 Å². The lowest BCUT2D eigenvalue weighted by atomic mass is 9.99. The maximum atomic E-state index is 13.1. The molecule has 2 aromatic carbocycles. The fraction of sp³-hybridized carbons (Fsp3) is 0.360. The molecule has 6 nitrogen and oxygen atoms in total. The fourth-order valence-corrected chi connectivity index (χ4v) is 4.57. The van der Waals surface area contributed by atoms with E-state index in [2.05, 4.69) is 15.8 Å². The number of aryl methyl sites for hydroxylation is 1. The topological polar surface area (TPSA) is 66.5 Å². The summed E-state index contributed by atoms with van der Waals surface area (Å²) in [4.78, 5) is 19.0. The fourth-order valence-electron chi connectivity index (χ4n) is 3.97. The minimum atomic E-state index is -0.222. The Labute approximate surface area is 197 Å². The molecular formula is C25H29FN4O2S. The molecule has 33 heavy (non-hydrogen) atoms. The second kappa shape index (κ2) is 10.9. The molecule has 2 heterocycles. The Bertz CT molecular complexity index is 1070. The van der Waals surface area contributed by atoms with E-state index in [0.29, 0.717) is 30.5 Å². The van der Waals surface area contributed by atoms with Crippen LogP contribution in [0.25, 0.3) is 0 Å². The van der Waals surface area contributed by atoms with E-state index in [1.54, 1.807) is 22.3 Å². The summed E-state index contributed by atoms with van der Waals surface area (Å²) in [5.74, 6) is 0.417. The Kier molecular flexibility index (Phi) is 7.69. The summed E-state index contributed by atoms with van der Waals surface area (Å²) < 4.78 is 18.9. The zero-order chi connectivity index (χ0) is 23.2. The van der Waals surface area contributed by atoms with Gasteiger partial charge in [-0.1, -0.05) is 18.2 Å². The van der Waals surface area contributed by atoms with Crippen molar-refractivity contribution in [2.24, 2.45) is 0 Å². The van der Waals surface area contributed by atoms with Gasteiger partial charge in [-0.15, -0.1) is 11.3 Å². The van der Waals surface area contributed by atoms with Crippen LogP contribution in [-0.4, -0.2) is 35.4 Å². The molecule has 2 atom stereocenters. The largest absolute Gasteiger partial charge is 0.487 e. The van der Waals surface area contributed by atoms with Gasteiger partial charge in [0.2, 0.25) is 0 Å². The van der Waals surface area contributed by atoms with Crippen LogP contribution < -0.4 is 15.6 Å². The highest BCUT2D eigenvalue weighted by Gasteiger charge is 2.24. The minimum Gasteiger partial charge on any atom is -0.487 e. The summed E-state index contributed by atoms with van der Waals surface area (Å²) in [6.07, 6.45) is 2.76. The second-order valence-corrected chi connectivity index (χ2v) is 9.43. The average molecular weight is 469 g/mol. The van der Waals surface area contributed by atoms with Gasteiger partial charge < -0.3 is 9.64 Å². The Morgan fingerprint density at radius 1 is 1.24 bits per heavy atom. The Balaban J connectivity index is 1.22. The van der Waals surface area contributed by atoms with Gasteiger partial charge in [0.05, 0.1) is 10.7 Å². The summed E-state index contributed by atoms with van der Waals surface area (Å²) in [5.41, 5.74) is 9.19. The molecule has 174 valence electrons. The number of hydrogen-bond acceptors (Lipinski definition) is 6. The molecule has 3 aromatic rings. The summed E-state index contributed by atoms with van der Waals surface area (Å²) in [6.45, 7) is 3.02. The number of aromatic nitrogens is 1. The molecule has 0 spiro atoms. The zero-order valence-corrected chi connectivity index (χ0v) is 19.7. The molecule has 1 aliphatic heterocycles. The van der Waals surface area contributed by atoms with E-state index in [9.17, 15) is 9.18 Å². The van der Waals surface area contributed by atoms with Crippen LogP contribution in [0.3, 0.4) is 0 Å². The quantitative estimate of drug-likeness (QED) is 0.479. The van der Waals surface area contributed by atoms with Gasteiger partial charge >= 0.3 is 0 Å². The number of hydrogen-bond donors (Lipinski definition) is 2. The van der Waals surface area contributed by atoms with Crippen molar-refractivity contribution in [3.8, 4) is 5.75 Å². The second-order valence-electron chi connectivity index (χ2n) is 8.37. The third-order valence-corrected chi connectivity index (χ3v) is 6.60. The van der Waals surface area contributed by atoms with Crippen LogP contribution in [0.2, 0.25) is 0 Å². The van der Waals surface area contributed by atoms with E-state index in [4.69, 9.17) is 4.74 Å². The van der Waals surface area contributed by atoms with E-state index in [0.717, 1.165) is 35.5 Å². The summed E-state index contributed by atoms with van der Waals surface area (Å²) >= 11 is 1.59. The molecule has 0 bridgehead atoms. The molecule has 4 rings (SSSR count). The van der Waals surface area contributed by atoms with Gasteiger partial charge in [-0.25, -0.2) is 9.37 Å². The number of benzene rings is 2. The Morgan fingerprint density at radius 2 is 2.06 bits per heavy atom. The number of hydrazine groups is 1. The molecule has 1 amide bonds. The molecule has 0 saturated carbocycles. The smallest absolute Gasteiger partial charge is 0.253 e. The Hall–Kier alpha value is -2.81. The van der Waals surface area contributed by atoms with Gasteiger partial charge in [0.15, 0.2) is 0 Å². The number of ether oxygens (including phenoxy) is 1. The van der Waals surface area contributed by atoms with Crippen LogP contribution in [-0.2, 0) is 6.61 Å². The lowest BCUT2D eigenvalue weighted by molar-refractivity contribution is 0.0791. The molecule has 0 radical (unpaired) electrons. The first-order valence-corrected chi connectivity index (χ1v) is 12.0. The van der Waals surface area contributed by atoms with Gasteiger partial charge in [-0.3, -0.25) is 15.6 Å². The van der Waals surface area contributed by atoms with Crippen LogP contribution in [0, 0.1) is 12.7 Å². The van der Waals surface area contributed by atoms with E-state index in [1.165, 1.54) is 12.1 Å². The molecule has 1 aromatic heterocycles. The van der Waals surface area contributed by atoms with Crippen molar-refractivity contribution >= 4 is 17.2 Å². The van der Waals surface area contributed by atoms with Gasteiger partial charge in [-0.05, 0) is 62.1 Å². The molecule has 0 aliphatic carbocycles. The molecule has 2 unspecified atom stereocenters. The van der Waals surface area contributed by atoms with Crippen molar-refractivity contribution in [3.05, 3.63) is 81.6 Å². The van der Waals surface area contributed by atoms with Gasteiger partial charge in [0.1, 0.15) is 18.2 Å². The van der Waals surface area contributed by atoms with Crippen molar-refractivity contribution in [2.45, 2.75) is 44.9 Å². The van der Waals surface area contributed by atoms with E-state index in [1.807, 2.05) is 49.7 Å². The number of nitrogens with one attached hydrogen (secondary N) is 2. The Morgan fingerprint density at radius 3 is 2.82 bits per heavy atom. The number of carbonyl (C=O) groups excluding carboxylic acids is 1. The first-order chi connectivity index (χ1) is 16.0. The number of rotatable bonds is 9. The first kappa shape index (κ1) is 23.4. The molecule has 2 N–H and O–H groups in total. The molecule has 8 heteroatoms. The number of halogens is 1. The highest BCUT2D eigenvalue weighted by molar-refractivity contribution is 7.09. The standard InChI is InChI=1S/C25H29FN4O2S/c1-17-27-22(16-33-17)15-32-23-7-3-5-19(13-23)25(31)30(2)12-4-6-21-14-24(29-28-21)18-8-10-20(26)11-9-18/h3,5,7-11,13,16,21,24,28-29H,4,6,12,14-15H2,1-2H3. The number of carbonyl (C=O) groups is 1. The summed E-state index contributed by atoms with van der Waals surface area (Å²) in [5, 5.41) is 2.99. The van der Waals surface area contributed by atoms with Crippen molar-refractivity contribution < 1.29 is 13.9 Å². The number of amides is 1. The monoisotopic (exact) mass is 468 g/mol. The third kappa shape index (κ3) is 6.37. The minimum absolute atomic E-state index is 0.0216. The van der Waals surface area contributed by atoms with E-state index in [-0.39, 0.29) is 17.8 Å². The highest BCUT2D eigenvalue weighted by Crippen LogP contribution is 2.24. The van der Waals surface area contributed by atoms with Crippen molar-refractivity contribution in [1.82, 2.24) is 20.7 Å². The van der Waals surface area contributed by atoms with Crippen LogP contribution >= 0.6 is 11.3 Å². The highest BCUT2D eigenvalue weighted by atomic mass is 32.1. The normalized spacial score (nSPS) is 17.8. The average Bonchev–Trinajstić information content (AvgIpc) is 3.47. The van der Waals surface area contributed by atoms with E-state index >= 15 is 0 Å². The van der Waals surface area contributed by atoms with Crippen molar-refractivity contribution in [2.75, 3.05) is 13.6 Å². The van der Waals surface area contributed by atoms with Gasteiger partial charge in [-0.2, -0.15) is 0 Å². The molecule has 1 aliphatic rings. The first-order valence-electron chi connectivity index (χ1n) is 11.1. The van der Waals surface area contributed by atoms with Gasteiger partial charge in [0, 0.05) is 36.6 Å². The van der Waals surface area contributed by atoms with E-state index < -0.39 is 0 Å². The number of nitrogens with zero attached hydrogens (tertiary/aromatic N) is 2. The predicted molar refractivity (Wildman–Crippen MR) is 128 cm³/mol. The van der Waals surface area contributed by atoms with Gasteiger partial charge in [0.25, 0.3) is 5.91 Å². The number of thiazole rings is 1.